The Morgan fingerprint density at radius 3 is 2.73 bits per heavy atom. The Balaban J connectivity index is 2.03. The summed E-state index contributed by atoms with van der Waals surface area (Å²) in [6, 6.07) is 0. The van der Waals surface area contributed by atoms with Crippen molar-refractivity contribution in [3.05, 3.63) is 0 Å². The number of hydrogen-bond donors (Lipinski definition) is 1. The third kappa shape index (κ3) is 6.12. The normalized spacial score (nSPS) is 19.3. The van der Waals surface area contributed by atoms with Crippen LogP contribution in [0.1, 0.15) is 51.9 Å². The quantitative estimate of drug-likeness (QED) is 0.726. The Morgan fingerprint density at radius 1 is 1.33 bits per heavy atom. The van der Waals surface area contributed by atoms with Crippen LogP contribution in [0, 0.1) is 11.8 Å². The summed E-state index contributed by atoms with van der Waals surface area (Å²) in [4.78, 5) is 0. The van der Waals surface area contributed by atoms with E-state index in [4.69, 9.17) is 0 Å². The minimum atomic E-state index is -0.155. The minimum absolute atomic E-state index is 0.155. The van der Waals surface area contributed by atoms with Crippen molar-refractivity contribution in [3.63, 3.8) is 0 Å². The fourth-order valence-electron chi connectivity index (χ4n) is 1.93. The zero-order chi connectivity index (χ0) is 10.9. The number of rotatable bonds is 5. The van der Waals surface area contributed by atoms with Gasteiger partial charge in [-0.25, -0.2) is 0 Å². The van der Waals surface area contributed by atoms with E-state index in [1.54, 1.807) is 0 Å². The zero-order valence-electron chi connectivity index (χ0n) is 9.67. The number of aliphatic hydroxyl groups excluding tert-OH is 1. The average molecular weight is 226 g/mol. The van der Waals surface area contributed by atoms with Crippen LogP contribution in [-0.2, 0) is 0 Å². The van der Waals surface area contributed by atoms with Gasteiger partial charge in [-0.15, -0.1) is 11.8 Å². The Morgan fingerprint density at radius 2 is 2.07 bits per heavy atom. The van der Waals surface area contributed by atoms with Crippen molar-refractivity contribution in [2.24, 2.45) is 0 Å². The van der Waals surface area contributed by atoms with Gasteiger partial charge < -0.3 is 5.11 Å². The molecular weight excluding hydrogens is 204 g/mol. The highest BCUT2D eigenvalue weighted by molar-refractivity contribution is 7.99. The summed E-state index contributed by atoms with van der Waals surface area (Å²) in [5, 5.41) is 10.5. The fraction of sp³-hybridized carbons (Fsp3) is 0.846. The predicted octanol–water partition coefficient (Wildman–Crippen LogP) is 3.22. The Kier molecular flexibility index (Phi) is 6.96. The number of hydrogen-bond acceptors (Lipinski definition) is 2. The van der Waals surface area contributed by atoms with Crippen LogP contribution in [0.25, 0.3) is 0 Å². The highest BCUT2D eigenvalue weighted by atomic mass is 32.2. The average Bonchev–Trinajstić information content (AvgIpc) is 2.28. The van der Waals surface area contributed by atoms with Crippen molar-refractivity contribution in [2.45, 2.75) is 63.2 Å². The molecule has 0 aromatic heterocycles. The molecule has 0 aliphatic heterocycles. The predicted molar refractivity (Wildman–Crippen MR) is 68.0 cm³/mol. The van der Waals surface area contributed by atoms with Crippen LogP contribution in [0.5, 0.6) is 0 Å². The summed E-state index contributed by atoms with van der Waals surface area (Å²) >= 11 is 1.97. The monoisotopic (exact) mass is 226 g/mol. The molecule has 86 valence electrons. The molecular formula is C13H22OS. The SMILES string of the molecule is CC#CCCC(O)CSC1CCCCC1. The van der Waals surface area contributed by atoms with Crippen LogP contribution >= 0.6 is 11.8 Å². The number of aliphatic hydroxyl groups is 1. The van der Waals surface area contributed by atoms with E-state index in [0.29, 0.717) is 0 Å². The first-order valence-electron chi connectivity index (χ1n) is 6.02. The molecule has 0 amide bonds. The van der Waals surface area contributed by atoms with Crippen molar-refractivity contribution in [3.8, 4) is 11.8 Å². The van der Waals surface area contributed by atoms with Crippen LogP contribution in [0.3, 0.4) is 0 Å². The lowest BCUT2D eigenvalue weighted by Crippen LogP contribution is -2.15. The van der Waals surface area contributed by atoms with E-state index < -0.39 is 0 Å². The first kappa shape index (κ1) is 12.9. The van der Waals surface area contributed by atoms with Gasteiger partial charge in [0.2, 0.25) is 0 Å². The summed E-state index contributed by atoms with van der Waals surface area (Å²) in [5.41, 5.74) is 0. The van der Waals surface area contributed by atoms with Crippen LogP contribution in [0.2, 0.25) is 0 Å². The topological polar surface area (TPSA) is 20.2 Å². The van der Waals surface area contributed by atoms with Crippen LogP contribution in [0.4, 0.5) is 0 Å². The molecule has 0 saturated heterocycles. The lowest BCUT2D eigenvalue weighted by Gasteiger charge is -2.22. The van der Waals surface area contributed by atoms with Crippen molar-refractivity contribution in [1.82, 2.24) is 0 Å². The molecule has 0 aromatic carbocycles. The van der Waals surface area contributed by atoms with E-state index in [0.717, 1.165) is 23.8 Å². The maximum Gasteiger partial charge on any atom is 0.0639 e. The van der Waals surface area contributed by atoms with Crippen LogP contribution in [-0.4, -0.2) is 22.2 Å². The van der Waals surface area contributed by atoms with Gasteiger partial charge in [0.25, 0.3) is 0 Å². The summed E-state index contributed by atoms with van der Waals surface area (Å²) < 4.78 is 0. The summed E-state index contributed by atoms with van der Waals surface area (Å²) in [5.74, 6) is 6.76. The van der Waals surface area contributed by atoms with Gasteiger partial charge in [0.1, 0.15) is 0 Å². The maximum absolute atomic E-state index is 9.72. The third-order valence-corrected chi connectivity index (χ3v) is 4.38. The molecule has 1 unspecified atom stereocenters. The Labute approximate surface area is 98.0 Å². The van der Waals surface area contributed by atoms with Gasteiger partial charge in [0, 0.05) is 17.4 Å². The maximum atomic E-state index is 9.72. The first-order chi connectivity index (χ1) is 7.33. The summed E-state index contributed by atoms with van der Waals surface area (Å²) in [6.45, 7) is 1.85. The van der Waals surface area contributed by atoms with Crippen molar-refractivity contribution < 1.29 is 5.11 Å². The smallest absolute Gasteiger partial charge is 0.0639 e. The van der Waals surface area contributed by atoms with Gasteiger partial charge in [0.05, 0.1) is 6.10 Å². The standard InChI is InChI=1S/C13H22OS/c1-2-3-5-8-12(14)11-15-13-9-6-4-7-10-13/h12-14H,4-11H2,1H3. The molecule has 0 aromatic rings. The lowest BCUT2D eigenvalue weighted by atomic mass is 10.0. The molecule has 1 aliphatic rings. The molecule has 0 heterocycles. The second-order valence-corrected chi connectivity index (χ2v) is 5.55. The van der Waals surface area contributed by atoms with Gasteiger partial charge >= 0.3 is 0 Å². The van der Waals surface area contributed by atoms with Gasteiger partial charge in [-0.1, -0.05) is 19.3 Å². The van der Waals surface area contributed by atoms with Gasteiger partial charge in [-0.05, 0) is 26.2 Å². The Hall–Kier alpha value is -0.130. The van der Waals surface area contributed by atoms with Crippen LogP contribution in [0.15, 0.2) is 0 Å². The molecule has 0 bridgehead atoms. The number of thioether (sulfide) groups is 1. The molecule has 2 heteroatoms. The zero-order valence-corrected chi connectivity index (χ0v) is 10.5. The second-order valence-electron chi connectivity index (χ2n) is 4.21. The van der Waals surface area contributed by atoms with E-state index in [2.05, 4.69) is 11.8 Å². The van der Waals surface area contributed by atoms with E-state index in [1.165, 1.54) is 32.1 Å². The van der Waals surface area contributed by atoms with E-state index in [1.807, 2.05) is 18.7 Å². The third-order valence-electron chi connectivity index (χ3n) is 2.86. The molecule has 1 nitrogen and oxygen atoms in total. The molecule has 1 aliphatic carbocycles. The summed E-state index contributed by atoms with van der Waals surface area (Å²) in [6.07, 6.45) is 8.40. The largest absolute Gasteiger partial charge is 0.392 e. The highest BCUT2D eigenvalue weighted by Crippen LogP contribution is 2.28. The van der Waals surface area contributed by atoms with Crippen molar-refractivity contribution in [2.75, 3.05) is 5.75 Å². The van der Waals surface area contributed by atoms with E-state index in [-0.39, 0.29) is 6.10 Å². The second kappa shape index (κ2) is 8.07. The lowest BCUT2D eigenvalue weighted by molar-refractivity contribution is 0.191. The van der Waals surface area contributed by atoms with E-state index in [9.17, 15) is 5.11 Å². The molecule has 0 spiro atoms. The highest BCUT2D eigenvalue weighted by Gasteiger charge is 2.15. The van der Waals surface area contributed by atoms with E-state index >= 15 is 0 Å². The van der Waals surface area contributed by atoms with Gasteiger partial charge in [0.15, 0.2) is 0 Å². The first-order valence-corrected chi connectivity index (χ1v) is 7.07. The van der Waals surface area contributed by atoms with Gasteiger partial charge in [-0.2, -0.15) is 11.8 Å². The van der Waals surface area contributed by atoms with Crippen LogP contribution < -0.4 is 0 Å². The molecule has 0 radical (unpaired) electrons. The molecule has 1 rings (SSSR count). The summed E-state index contributed by atoms with van der Waals surface area (Å²) in [7, 11) is 0. The molecule has 1 saturated carbocycles. The van der Waals surface area contributed by atoms with Gasteiger partial charge in [-0.3, -0.25) is 0 Å². The van der Waals surface area contributed by atoms with Crippen molar-refractivity contribution in [1.29, 1.82) is 0 Å². The molecule has 15 heavy (non-hydrogen) atoms. The Bertz CT molecular complexity index is 210. The minimum Gasteiger partial charge on any atom is -0.392 e. The molecule has 1 atom stereocenters. The fourth-order valence-corrected chi connectivity index (χ4v) is 3.25. The van der Waals surface area contributed by atoms with Crippen molar-refractivity contribution >= 4 is 11.8 Å². The molecule has 1 N–H and O–H groups in total. The molecule has 1 fully saturated rings.